The van der Waals surface area contributed by atoms with Gasteiger partial charge in [-0.1, -0.05) is 12.1 Å². The van der Waals surface area contributed by atoms with Crippen LogP contribution in [0.4, 0.5) is 0 Å². The van der Waals surface area contributed by atoms with Crippen molar-refractivity contribution in [2.75, 3.05) is 13.7 Å². The molecule has 0 amide bonds. The minimum absolute atomic E-state index is 0.365. The van der Waals surface area contributed by atoms with Crippen LogP contribution in [-0.2, 0) is 22.6 Å². The molecule has 0 radical (unpaired) electrons. The van der Waals surface area contributed by atoms with E-state index in [0.717, 1.165) is 37.4 Å². The standard InChI is InChI=1S/C18H24N4O2/c1-24-18(23)17(19)9-6-12-22(13-15-7-2-4-10-20-15)14-16-8-3-5-11-21-16/h2-5,7-8,10-11,17H,6,9,12-14,19H2,1H3/t17-/m0/s1. The lowest BCUT2D eigenvalue weighted by atomic mass is 10.1. The summed E-state index contributed by atoms with van der Waals surface area (Å²) >= 11 is 0. The summed E-state index contributed by atoms with van der Waals surface area (Å²) in [5, 5.41) is 0. The van der Waals surface area contributed by atoms with Crippen molar-refractivity contribution >= 4 is 5.97 Å². The van der Waals surface area contributed by atoms with E-state index in [-0.39, 0.29) is 5.97 Å². The van der Waals surface area contributed by atoms with E-state index >= 15 is 0 Å². The number of nitrogens with two attached hydrogens (primary N) is 1. The molecule has 0 saturated carbocycles. The van der Waals surface area contributed by atoms with E-state index in [1.165, 1.54) is 7.11 Å². The van der Waals surface area contributed by atoms with Crippen molar-refractivity contribution in [1.29, 1.82) is 0 Å². The average molecular weight is 328 g/mol. The molecular formula is C18H24N4O2. The van der Waals surface area contributed by atoms with Crippen LogP contribution in [0.3, 0.4) is 0 Å². The smallest absolute Gasteiger partial charge is 0.322 e. The number of methoxy groups -OCH3 is 1. The predicted molar refractivity (Wildman–Crippen MR) is 91.8 cm³/mol. The van der Waals surface area contributed by atoms with Crippen molar-refractivity contribution in [1.82, 2.24) is 14.9 Å². The zero-order valence-corrected chi connectivity index (χ0v) is 14.0. The SMILES string of the molecule is COC(=O)[C@@H](N)CCCN(Cc1ccccn1)Cc1ccccn1. The maximum atomic E-state index is 11.4. The molecule has 0 fully saturated rings. The van der Waals surface area contributed by atoms with Crippen LogP contribution < -0.4 is 5.73 Å². The Labute approximate surface area is 142 Å². The molecule has 2 aromatic heterocycles. The van der Waals surface area contributed by atoms with Crippen LogP contribution in [0.1, 0.15) is 24.2 Å². The third-order valence-electron chi connectivity index (χ3n) is 3.72. The van der Waals surface area contributed by atoms with Gasteiger partial charge >= 0.3 is 5.97 Å². The molecule has 2 rings (SSSR count). The Hall–Kier alpha value is -2.31. The van der Waals surface area contributed by atoms with Gasteiger partial charge in [0.05, 0.1) is 18.5 Å². The van der Waals surface area contributed by atoms with Gasteiger partial charge in [0.25, 0.3) is 0 Å². The molecule has 2 aromatic rings. The van der Waals surface area contributed by atoms with E-state index in [1.54, 1.807) is 12.4 Å². The molecule has 0 bridgehead atoms. The van der Waals surface area contributed by atoms with Crippen molar-refractivity contribution in [2.24, 2.45) is 5.73 Å². The molecular weight excluding hydrogens is 304 g/mol. The number of nitrogens with zero attached hydrogens (tertiary/aromatic N) is 3. The van der Waals surface area contributed by atoms with Gasteiger partial charge in [0.1, 0.15) is 6.04 Å². The molecule has 0 aromatic carbocycles. The second-order valence-corrected chi connectivity index (χ2v) is 5.62. The van der Waals surface area contributed by atoms with Gasteiger partial charge in [0.2, 0.25) is 0 Å². The molecule has 0 aliphatic carbocycles. The van der Waals surface area contributed by atoms with Crippen molar-refractivity contribution in [3.8, 4) is 0 Å². The summed E-state index contributed by atoms with van der Waals surface area (Å²) in [7, 11) is 1.36. The molecule has 24 heavy (non-hydrogen) atoms. The highest BCUT2D eigenvalue weighted by atomic mass is 16.5. The van der Waals surface area contributed by atoms with Crippen LogP contribution >= 0.6 is 0 Å². The van der Waals surface area contributed by atoms with Gasteiger partial charge in [-0.05, 0) is 43.7 Å². The number of carbonyl (C=O) groups excluding carboxylic acids is 1. The topological polar surface area (TPSA) is 81.3 Å². The summed E-state index contributed by atoms with van der Waals surface area (Å²) in [6, 6.07) is 11.2. The van der Waals surface area contributed by atoms with Crippen LogP contribution in [0.15, 0.2) is 48.8 Å². The monoisotopic (exact) mass is 328 g/mol. The Morgan fingerprint density at radius 3 is 2.17 bits per heavy atom. The first kappa shape index (κ1) is 18.0. The normalized spacial score (nSPS) is 12.1. The van der Waals surface area contributed by atoms with E-state index in [1.807, 2.05) is 36.4 Å². The summed E-state index contributed by atoms with van der Waals surface area (Å²) < 4.78 is 4.66. The Balaban J connectivity index is 1.93. The minimum atomic E-state index is -0.568. The number of rotatable bonds is 9. The molecule has 6 nitrogen and oxygen atoms in total. The molecule has 1 atom stereocenters. The van der Waals surface area contributed by atoms with E-state index in [4.69, 9.17) is 5.73 Å². The first-order chi connectivity index (χ1) is 11.7. The Kier molecular flexibility index (Phi) is 7.32. The van der Waals surface area contributed by atoms with Gasteiger partial charge in [-0.3, -0.25) is 19.7 Å². The highest BCUT2D eigenvalue weighted by Gasteiger charge is 2.15. The van der Waals surface area contributed by atoms with Crippen molar-refractivity contribution in [3.63, 3.8) is 0 Å². The molecule has 0 saturated heterocycles. The number of pyridine rings is 2. The van der Waals surface area contributed by atoms with Gasteiger partial charge in [0.15, 0.2) is 0 Å². The van der Waals surface area contributed by atoms with E-state index in [2.05, 4.69) is 19.6 Å². The third-order valence-corrected chi connectivity index (χ3v) is 3.72. The molecule has 0 unspecified atom stereocenters. The summed E-state index contributed by atoms with van der Waals surface area (Å²) in [6.45, 7) is 2.26. The maximum absolute atomic E-state index is 11.4. The average Bonchev–Trinajstić information content (AvgIpc) is 2.62. The Bertz CT molecular complexity index is 565. The van der Waals surface area contributed by atoms with Crippen LogP contribution in [0.25, 0.3) is 0 Å². The number of aromatic nitrogens is 2. The van der Waals surface area contributed by atoms with E-state index < -0.39 is 6.04 Å². The van der Waals surface area contributed by atoms with Crippen molar-refractivity contribution in [3.05, 3.63) is 60.2 Å². The second-order valence-electron chi connectivity index (χ2n) is 5.62. The summed E-state index contributed by atoms with van der Waals surface area (Å²) in [5.41, 5.74) is 7.81. The maximum Gasteiger partial charge on any atom is 0.322 e. The lowest BCUT2D eigenvalue weighted by molar-refractivity contribution is -0.142. The number of carbonyl (C=O) groups is 1. The highest BCUT2D eigenvalue weighted by Crippen LogP contribution is 2.09. The molecule has 0 spiro atoms. The van der Waals surface area contributed by atoms with E-state index in [9.17, 15) is 4.79 Å². The Morgan fingerprint density at radius 1 is 1.12 bits per heavy atom. The van der Waals surface area contributed by atoms with Crippen LogP contribution in [0.5, 0.6) is 0 Å². The molecule has 2 N–H and O–H groups in total. The largest absolute Gasteiger partial charge is 0.468 e. The van der Waals surface area contributed by atoms with Gasteiger partial charge in [0, 0.05) is 25.5 Å². The number of hydrogen-bond acceptors (Lipinski definition) is 6. The number of esters is 1. The summed E-state index contributed by atoms with van der Waals surface area (Å²) in [5.74, 6) is -0.365. The fourth-order valence-electron chi connectivity index (χ4n) is 2.46. The molecule has 128 valence electrons. The first-order valence-electron chi connectivity index (χ1n) is 8.04. The van der Waals surface area contributed by atoms with E-state index in [0.29, 0.717) is 6.42 Å². The van der Waals surface area contributed by atoms with Crippen LogP contribution in [-0.4, -0.2) is 40.5 Å². The molecule has 6 heteroatoms. The summed E-state index contributed by atoms with van der Waals surface area (Å²) in [4.78, 5) is 22.4. The number of hydrogen-bond donors (Lipinski definition) is 1. The Morgan fingerprint density at radius 2 is 1.71 bits per heavy atom. The third kappa shape index (κ3) is 6.06. The lowest BCUT2D eigenvalue weighted by Gasteiger charge is -2.22. The zero-order chi connectivity index (χ0) is 17.2. The van der Waals surface area contributed by atoms with Crippen LogP contribution in [0.2, 0.25) is 0 Å². The van der Waals surface area contributed by atoms with Gasteiger partial charge in [-0.15, -0.1) is 0 Å². The minimum Gasteiger partial charge on any atom is -0.468 e. The molecule has 2 heterocycles. The van der Waals surface area contributed by atoms with Gasteiger partial charge < -0.3 is 10.5 Å². The quantitative estimate of drug-likeness (QED) is 0.706. The van der Waals surface area contributed by atoms with Gasteiger partial charge in [-0.2, -0.15) is 0 Å². The van der Waals surface area contributed by atoms with Crippen molar-refractivity contribution < 1.29 is 9.53 Å². The fourth-order valence-corrected chi connectivity index (χ4v) is 2.46. The zero-order valence-electron chi connectivity index (χ0n) is 14.0. The number of ether oxygens (including phenoxy) is 1. The molecule has 0 aliphatic heterocycles. The van der Waals surface area contributed by atoms with Gasteiger partial charge in [-0.25, -0.2) is 0 Å². The first-order valence-corrected chi connectivity index (χ1v) is 8.04. The fraction of sp³-hybridized carbons (Fsp3) is 0.389. The van der Waals surface area contributed by atoms with Crippen molar-refractivity contribution in [2.45, 2.75) is 32.0 Å². The highest BCUT2D eigenvalue weighted by molar-refractivity contribution is 5.75. The lowest BCUT2D eigenvalue weighted by Crippen LogP contribution is -2.33. The van der Waals surface area contributed by atoms with Crippen LogP contribution in [0, 0.1) is 0 Å². The summed E-state index contributed by atoms with van der Waals surface area (Å²) in [6.07, 6.45) is 4.98. The second kappa shape index (κ2) is 9.75. The predicted octanol–water partition coefficient (Wildman–Crippen LogP) is 1.76. The molecule has 0 aliphatic rings.